The van der Waals surface area contributed by atoms with E-state index in [4.69, 9.17) is 0 Å². The van der Waals surface area contributed by atoms with Gasteiger partial charge in [-0.05, 0) is 42.9 Å². The van der Waals surface area contributed by atoms with Crippen molar-refractivity contribution in [2.24, 2.45) is 5.92 Å². The molecule has 0 bridgehead atoms. The summed E-state index contributed by atoms with van der Waals surface area (Å²) in [5.74, 6) is 0.647. The van der Waals surface area contributed by atoms with Gasteiger partial charge in [0.15, 0.2) is 0 Å². The molecular weight excluding hydrogens is 251 g/mol. The maximum absolute atomic E-state index is 14.0. The van der Waals surface area contributed by atoms with Crippen molar-refractivity contribution < 1.29 is 4.39 Å². The van der Waals surface area contributed by atoms with E-state index in [2.05, 4.69) is 16.3 Å². The SMILES string of the molecule is Cc1c(F)cccc1[C@H](C1CCCC1)N1CCNCC1. The second-order valence-corrected chi connectivity index (χ2v) is 6.23. The molecular formula is C17H25FN2. The van der Waals surface area contributed by atoms with Crippen molar-refractivity contribution in [2.45, 2.75) is 38.6 Å². The average molecular weight is 276 g/mol. The van der Waals surface area contributed by atoms with Crippen molar-refractivity contribution in [1.82, 2.24) is 10.2 Å². The fraction of sp³-hybridized carbons (Fsp3) is 0.647. The van der Waals surface area contributed by atoms with E-state index in [1.54, 1.807) is 6.07 Å². The molecule has 1 aromatic carbocycles. The normalized spacial score (nSPS) is 23.1. The van der Waals surface area contributed by atoms with E-state index in [1.807, 2.05) is 13.0 Å². The molecule has 0 radical (unpaired) electrons. The Hall–Kier alpha value is -0.930. The Morgan fingerprint density at radius 2 is 1.90 bits per heavy atom. The van der Waals surface area contributed by atoms with Crippen LogP contribution < -0.4 is 5.32 Å². The Kier molecular flexibility index (Phi) is 4.37. The van der Waals surface area contributed by atoms with E-state index in [-0.39, 0.29) is 5.82 Å². The Balaban J connectivity index is 1.93. The van der Waals surface area contributed by atoms with E-state index in [9.17, 15) is 4.39 Å². The largest absolute Gasteiger partial charge is 0.314 e. The van der Waals surface area contributed by atoms with Crippen LogP contribution in [-0.4, -0.2) is 31.1 Å². The summed E-state index contributed by atoms with van der Waals surface area (Å²) in [6.07, 6.45) is 5.26. The van der Waals surface area contributed by atoms with Gasteiger partial charge in [-0.15, -0.1) is 0 Å². The maximum Gasteiger partial charge on any atom is 0.126 e. The number of piperazine rings is 1. The molecule has 1 aliphatic carbocycles. The highest BCUT2D eigenvalue weighted by Crippen LogP contribution is 2.40. The monoisotopic (exact) mass is 276 g/mol. The van der Waals surface area contributed by atoms with Crippen LogP contribution in [0.5, 0.6) is 0 Å². The zero-order valence-electron chi connectivity index (χ0n) is 12.4. The molecule has 2 fully saturated rings. The molecule has 2 nitrogen and oxygen atoms in total. The first kappa shape index (κ1) is 14.0. The molecule has 0 unspecified atom stereocenters. The zero-order chi connectivity index (χ0) is 13.9. The zero-order valence-corrected chi connectivity index (χ0v) is 12.4. The van der Waals surface area contributed by atoms with Crippen molar-refractivity contribution in [3.8, 4) is 0 Å². The molecule has 3 rings (SSSR count). The van der Waals surface area contributed by atoms with E-state index < -0.39 is 0 Å². The molecule has 1 saturated heterocycles. The molecule has 110 valence electrons. The molecule has 0 spiro atoms. The topological polar surface area (TPSA) is 15.3 Å². The number of nitrogens with one attached hydrogen (secondary N) is 1. The first-order chi connectivity index (χ1) is 9.77. The minimum atomic E-state index is -0.0550. The third kappa shape index (κ3) is 2.75. The highest BCUT2D eigenvalue weighted by Gasteiger charge is 2.32. The Morgan fingerprint density at radius 1 is 1.20 bits per heavy atom. The van der Waals surface area contributed by atoms with Crippen LogP contribution in [0.3, 0.4) is 0 Å². The lowest BCUT2D eigenvalue weighted by Crippen LogP contribution is -2.46. The molecule has 1 N–H and O–H groups in total. The third-order valence-corrected chi connectivity index (χ3v) is 5.02. The van der Waals surface area contributed by atoms with Gasteiger partial charge in [-0.2, -0.15) is 0 Å². The molecule has 1 atom stereocenters. The minimum Gasteiger partial charge on any atom is -0.314 e. The first-order valence-corrected chi connectivity index (χ1v) is 7.97. The third-order valence-electron chi connectivity index (χ3n) is 5.02. The lowest BCUT2D eigenvalue weighted by atomic mass is 9.87. The lowest BCUT2D eigenvalue weighted by Gasteiger charge is -2.39. The van der Waals surface area contributed by atoms with Crippen molar-refractivity contribution in [3.05, 3.63) is 35.1 Å². The van der Waals surface area contributed by atoms with Crippen LogP contribution in [0.25, 0.3) is 0 Å². The highest BCUT2D eigenvalue weighted by molar-refractivity contribution is 5.31. The van der Waals surface area contributed by atoms with Crippen molar-refractivity contribution in [1.29, 1.82) is 0 Å². The van der Waals surface area contributed by atoms with Gasteiger partial charge in [0.25, 0.3) is 0 Å². The van der Waals surface area contributed by atoms with Gasteiger partial charge in [-0.3, -0.25) is 4.90 Å². The molecule has 3 heteroatoms. The van der Waals surface area contributed by atoms with Crippen molar-refractivity contribution >= 4 is 0 Å². The quantitative estimate of drug-likeness (QED) is 0.911. The summed E-state index contributed by atoms with van der Waals surface area (Å²) >= 11 is 0. The number of halogens is 1. The molecule has 0 amide bonds. The predicted octanol–water partition coefficient (Wildman–Crippen LogP) is 3.27. The summed E-state index contributed by atoms with van der Waals surface area (Å²) < 4.78 is 14.0. The molecule has 1 heterocycles. The van der Waals surface area contributed by atoms with E-state index in [0.717, 1.165) is 31.7 Å². The van der Waals surface area contributed by atoms with Gasteiger partial charge in [0, 0.05) is 32.2 Å². The summed E-state index contributed by atoms with van der Waals surface area (Å²) in [5.41, 5.74) is 2.07. The van der Waals surface area contributed by atoms with Gasteiger partial charge in [-0.1, -0.05) is 25.0 Å². The standard InChI is InChI=1S/C17H25FN2/c1-13-15(7-4-8-16(13)18)17(14-5-2-3-6-14)20-11-9-19-10-12-20/h4,7-8,14,17,19H,2-3,5-6,9-12H2,1H3/t17-/m0/s1. The van der Waals surface area contributed by atoms with Gasteiger partial charge < -0.3 is 5.32 Å². The van der Waals surface area contributed by atoms with Crippen LogP contribution in [-0.2, 0) is 0 Å². The Bertz CT molecular complexity index is 448. The van der Waals surface area contributed by atoms with Gasteiger partial charge in [-0.25, -0.2) is 4.39 Å². The number of benzene rings is 1. The van der Waals surface area contributed by atoms with Crippen LogP contribution in [0, 0.1) is 18.7 Å². The Morgan fingerprint density at radius 3 is 2.60 bits per heavy atom. The van der Waals surface area contributed by atoms with E-state index in [0.29, 0.717) is 12.0 Å². The minimum absolute atomic E-state index is 0.0550. The molecule has 20 heavy (non-hydrogen) atoms. The van der Waals surface area contributed by atoms with Gasteiger partial charge in [0.2, 0.25) is 0 Å². The van der Waals surface area contributed by atoms with E-state index in [1.165, 1.54) is 31.2 Å². The van der Waals surface area contributed by atoms with Crippen molar-refractivity contribution in [2.75, 3.05) is 26.2 Å². The predicted molar refractivity (Wildman–Crippen MR) is 80.3 cm³/mol. The average Bonchev–Trinajstić information content (AvgIpc) is 2.99. The van der Waals surface area contributed by atoms with Crippen LogP contribution in [0.4, 0.5) is 4.39 Å². The first-order valence-electron chi connectivity index (χ1n) is 7.97. The summed E-state index contributed by atoms with van der Waals surface area (Å²) in [4.78, 5) is 2.58. The summed E-state index contributed by atoms with van der Waals surface area (Å²) in [7, 11) is 0. The van der Waals surface area contributed by atoms with Crippen LogP contribution in [0.1, 0.15) is 42.9 Å². The fourth-order valence-corrected chi connectivity index (χ4v) is 3.93. The number of hydrogen-bond donors (Lipinski definition) is 1. The maximum atomic E-state index is 14.0. The Labute approximate surface area is 121 Å². The molecule has 1 aromatic rings. The van der Waals surface area contributed by atoms with E-state index >= 15 is 0 Å². The van der Waals surface area contributed by atoms with Crippen LogP contribution in [0.15, 0.2) is 18.2 Å². The van der Waals surface area contributed by atoms with Crippen molar-refractivity contribution in [3.63, 3.8) is 0 Å². The second-order valence-electron chi connectivity index (χ2n) is 6.23. The fourth-order valence-electron chi connectivity index (χ4n) is 3.93. The number of rotatable bonds is 3. The summed E-state index contributed by atoms with van der Waals surface area (Å²) in [5, 5.41) is 3.42. The van der Waals surface area contributed by atoms with Gasteiger partial charge in [0.05, 0.1) is 0 Å². The summed E-state index contributed by atoms with van der Waals surface area (Å²) in [6.45, 7) is 6.21. The van der Waals surface area contributed by atoms with Gasteiger partial charge >= 0.3 is 0 Å². The number of hydrogen-bond acceptors (Lipinski definition) is 2. The highest BCUT2D eigenvalue weighted by atomic mass is 19.1. The summed E-state index contributed by atoms with van der Waals surface area (Å²) in [6, 6.07) is 6.02. The molecule has 0 aromatic heterocycles. The molecule has 1 aliphatic heterocycles. The molecule has 2 aliphatic rings. The molecule has 1 saturated carbocycles. The number of nitrogens with zero attached hydrogens (tertiary/aromatic N) is 1. The lowest BCUT2D eigenvalue weighted by molar-refractivity contribution is 0.125. The van der Waals surface area contributed by atoms with Gasteiger partial charge in [0.1, 0.15) is 5.82 Å². The smallest absolute Gasteiger partial charge is 0.126 e. The van der Waals surface area contributed by atoms with Crippen LogP contribution in [0.2, 0.25) is 0 Å². The second kappa shape index (κ2) is 6.23. The van der Waals surface area contributed by atoms with Crippen LogP contribution >= 0.6 is 0 Å².